The molecule has 170 valence electrons. The van der Waals surface area contributed by atoms with Crippen molar-refractivity contribution >= 4 is 34.3 Å². The lowest BCUT2D eigenvalue weighted by atomic mass is 9.95. The normalized spacial score (nSPS) is 14.6. The average molecular weight is 463 g/mol. The molecule has 2 aromatic carbocycles. The number of hydrogen-bond donors (Lipinski definition) is 2. The van der Waals surface area contributed by atoms with Crippen LogP contribution in [0.15, 0.2) is 66.4 Å². The number of nitrogens with zero attached hydrogens (tertiary/aromatic N) is 2. The first kappa shape index (κ1) is 22.7. The van der Waals surface area contributed by atoms with Crippen LogP contribution in [-0.4, -0.2) is 33.9 Å². The molecule has 1 unspecified atom stereocenters. The summed E-state index contributed by atoms with van der Waals surface area (Å²) in [5.41, 5.74) is 9.16. The molecule has 0 saturated heterocycles. The summed E-state index contributed by atoms with van der Waals surface area (Å²) in [5.74, 6) is 1.21. The number of anilines is 1. The minimum atomic E-state index is -0.801. The van der Waals surface area contributed by atoms with Crippen LogP contribution in [0, 0.1) is 0 Å². The van der Waals surface area contributed by atoms with Gasteiger partial charge in [-0.3, -0.25) is 4.79 Å². The number of thiocarbonyl (C=S) groups is 1. The number of hydrogen-bond acceptors (Lipinski definition) is 7. The summed E-state index contributed by atoms with van der Waals surface area (Å²) < 4.78 is 12.9. The second kappa shape index (κ2) is 9.97. The van der Waals surface area contributed by atoms with E-state index in [4.69, 9.17) is 32.4 Å². The van der Waals surface area contributed by atoms with Gasteiger partial charge in [0.1, 0.15) is 24.2 Å². The highest BCUT2D eigenvalue weighted by Crippen LogP contribution is 2.28. The van der Waals surface area contributed by atoms with Gasteiger partial charge in [-0.05, 0) is 24.6 Å². The standard InChI is InChI=1S/C25H26N4O3S/c1-16(33)22(23(26)17-7-4-3-5-8-17)25(30)24(27-18-9-6-10-19(13-18)31-2)20-14-29-11-12-32-15-21(29)28-20/h3-10,13-14,24,27H,11-12,15,26H2,1-2H3. The molecule has 1 aromatic heterocycles. The lowest BCUT2D eigenvalue weighted by molar-refractivity contribution is -0.115. The zero-order valence-electron chi connectivity index (χ0n) is 18.6. The Hall–Kier alpha value is -3.49. The Kier molecular flexibility index (Phi) is 6.86. The van der Waals surface area contributed by atoms with Crippen molar-refractivity contribution < 1.29 is 14.3 Å². The Morgan fingerprint density at radius 3 is 2.73 bits per heavy atom. The molecule has 0 bridgehead atoms. The molecule has 0 spiro atoms. The maximum Gasteiger partial charge on any atom is 0.194 e. The van der Waals surface area contributed by atoms with Gasteiger partial charge in [-0.1, -0.05) is 48.6 Å². The predicted molar refractivity (Wildman–Crippen MR) is 132 cm³/mol. The highest BCUT2D eigenvalue weighted by Gasteiger charge is 2.30. The minimum absolute atomic E-state index is 0.247. The number of methoxy groups -OCH3 is 1. The third kappa shape index (κ3) is 4.97. The van der Waals surface area contributed by atoms with Gasteiger partial charge in [-0.25, -0.2) is 4.98 Å². The largest absolute Gasteiger partial charge is 0.497 e. The quantitative estimate of drug-likeness (QED) is 0.387. The van der Waals surface area contributed by atoms with Crippen molar-refractivity contribution in [1.82, 2.24) is 9.55 Å². The van der Waals surface area contributed by atoms with Gasteiger partial charge >= 0.3 is 0 Å². The molecule has 0 radical (unpaired) electrons. The smallest absolute Gasteiger partial charge is 0.194 e. The van der Waals surface area contributed by atoms with E-state index in [1.807, 2.05) is 65.4 Å². The summed E-state index contributed by atoms with van der Waals surface area (Å²) in [6.45, 7) is 3.41. The van der Waals surface area contributed by atoms with Crippen LogP contribution in [0.25, 0.3) is 5.70 Å². The molecule has 7 nitrogen and oxygen atoms in total. The molecule has 0 amide bonds. The second-order valence-electron chi connectivity index (χ2n) is 7.71. The van der Waals surface area contributed by atoms with Crippen LogP contribution in [-0.2, 0) is 22.7 Å². The molecule has 1 atom stereocenters. The van der Waals surface area contributed by atoms with E-state index in [-0.39, 0.29) is 5.78 Å². The van der Waals surface area contributed by atoms with Crippen LogP contribution in [0.4, 0.5) is 5.69 Å². The molecule has 0 saturated carbocycles. The second-order valence-corrected chi connectivity index (χ2v) is 8.32. The number of nitrogens with two attached hydrogens (primary N) is 1. The number of carbonyl (C=O) groups is 1. The molecule has 3 aromatic rings. The van der Waals surface area contributed by atoms with E-state index >= 15 is 0 Å². The Morgan fingerprint density at radius 1 is 1.24 bits per heavy atom. The molecule has 4 rings (SSSR count). The van der Waals surface area contributed by atoms with E-state index < -0.39 is 6.04 Å². The summed E-state index contributed by atoms with van der Waals surface area (Å²) >= 11 is 5.48. The number of rotatable bonds is 8. The number of nitrogens with one attached hydrogen (secondary N) is 1. The Morgan fingerprint density at radius 2 is 2.03 bits per heavy atom. The van der Waals surface area contributed by atoms with E-state index in [9.17, 15) is 4.79 Å². The predicted octanol–water partition coefficient (Wildman–Crippen LogP) is 3.90. The molecule has 1 aliphatic rings. The van der Waals surface area contributed by atoms with Crippen LogP contribution < -0.4 is 15.8 Å². The number of benzene rings is 2. The zero-order valence-corrected chi connectivity index (χ0v) is 19.4. The first-order chi connectivity index (χ1) is 16.0. The van der Waals surface area contributed by atoms with Crippen LogP contribution in [0.2, 0.25) is 0 Å². The van der Waals surface area contributed by atoms with Gasteiger partial charge in [0, 0.05) is 29.4 Å². The summed E-state index contributed by atoms with van der Waals surface area (Å²) in [6.07, 6.45) is 1.89. The maximum absolute atomic E-state index is 14.0. The van der Waals surface area contributed by atoms with Crippen molar-refractivity contribution in [3.8, 4) is 5.75 Å². The molecule has 0 fully saturated rings. The molecule has 8 heteroatoms. The summed E-state index contributed by atoms with van der Waals surface area (Å²) in [7, 11) is 1.60. The lowest BCUT2D eigenvalue weighted by Gasteiger charge is -2.20. The number of carbonyl (C=O) groups excluding carboxylic acids is 1. The monoisotopic (exact) mass is 462 g/mol. The number of fused-ring (bicyclic) bond motifs is 1. The Balaban J connectivity index is 1.79. The van der Waals surface area contributed by atoms with Crippen molar-refractivity contribution in [2.24, 2.45) is 5.73 Å². The number of ether oxygens (including phenoxy) is 2. The van der Waals surface area contributed by atoms with Crippen molar-refractivity contribution in [3.63, 3.8) is 0 Å². The topological polar surface area (TPSA) is 91.4 Å². The van der Waals surface area contributed by atoms with Crippen molar-refractivity contribution in [2.75, 3.05) is 19.0 Å². The number of ketones is 1. The fraction of sp³-hybridized carbons (Fsp3) is 0.240. The van der Waals surface area contributed by atoms with Gasteiger partial charge in [0.05, 0.1) is 30.7 Å². The van der Waals surface area contributed by atoms with Crippen LogP contribution in [0.3, 0.4) is 0 Å². The number of imidazole rings is 1. The van der Waals surface area contributed by atoms with Gasteiger partial charge < -0.3 is 25.1 Å². The first-order valence-electron chi connectivity index (χ1n) is 10.6. The fourth-order valence-electron chi connectivity index (χ4n) is 3.81. The van der Waals surface area contributed by atoms with Crippen molar-refractivity contribution in [3.05, 3.63) is 83.4 Å². The molecule has 1 aliphatic heterocycles. The lowest BCUT2D eigenvalue weighted by Crippen LogP contribution is -2.27. The van der Waals surface area contributed by atoms with Crippen LogP contribution in [0.5, 0.6) is 5.75 Å². The zero-order chi connectivity index (χ0) is 23.4. The molecule has 0 aliphatic carbocycles. The van der Waals surface area contributed by atoms with Crippen molar-refractivity contribution in [2.45, 2.75) is 26.1 Å². The minimum Gasteiger partial charge on any atom is -0.497 e. The summed E-state index contributed by atoms with van der Waals surface area (Å²) in [6, 6.07) is 16.0. The third-order valence-electron chi connectivity index (χ3n) is 5.48. The summed E-state index contributed by atoms with van der Waals surface area (Å²) in [5, 5.41) is 3.33. The fourth-order valence-corrected chi connectivity index (χ4v) is 4.02. The highest BCUT2D eigenvalue weighted by atomic mass is 32.1. The number of Topliss-reactive ketones (excluding diaryl/α,β-unsaturated/α-hetero) is 1. The number of aromatic nitrogens is 2. The Labute approximate surface area is 198 Å². The van der Waals surface area contributed by atoms with Gasteiger partial charge in [0.15, 0.2) is 5.78 Å². The molecule has 33 heavy (non-hydrogen) atoms. The van der Waals surface area contributed by atoms with Gasteiger partial charge in [0.2, 0.25) is 0 Å². The van der Waals surface area contributed by atoms with E-state index in [0.29, 0.717) is 47.3 Å². The van der Waals surface area contributed by atoms with Crippen LogP contribution in [0.1, 0.15) is 30.0 Å². The first-order valence-corrected chi connectivity index (χ1v) is 11.0. The van der Waals surface area contributed by atoms with Crippen LogP contribution >= 0.6 is 12.2 Å². The van der Waals surface area contributed by atoms with E-state index in [2.05, 4.69) is 5.32 Å². The third-order valence-corrected chi connectivity index (χ3v) is 5.68. The SMILES string of the molecule is COc1cccc(NC(C(=O)C(C(C)=S)=C(N)c2ccccc2)c2cn3c(n2)COCC3)c1. The van der Waals surface area contributed by atoms with E-state index in [1.54, 1.807) is 14.0 Å². The Bertz CT molecular complexity index is 1180. The average Bonchev–Trinajstić information content (AvgIpc) is 3.27. The van der Waals surface area contributed by atoms with E-state index in [1.165, 1.54) is 0 Å². The molecule has 2 heterocycles. The molecular formula is C25H26N4O3S. The highest BCUT2D eigenvalue weighted by molar-refractivity contribution is 7.81. The van der Waals surface area contributed by atoms with Gasteiger partial charge in [0.25, 0.3) is 0 Å². The van der Waals surface area contributed by atoms with E-state index in [0.717, 1.165) is 17.1 Å². The molecule has 3 N–H and O–H groups in total. The van der Waals surface area contributed by atoms with Gasteiger partial charge in [-0.2, -0.15) is 0 Å². The molecular weight excluding hydrogens is 436 g/mol. The summed E-state index contributed by atoms with van der Waals surface area (Å²) in [4.78, 5) is 19.1. The van der Waals surface area contributed by atoms with Crippen molar-refractivity contribution in [1.29, 1.82) is 0 Å². The maximum atomic E-state index is 14.0. The van der Waals surface area contributed by atoms with Gasteiger partial charge in [-0.15, -0.1) is 0 Å².